The van der Waals surface area contributed by atoms with Crippen LogP contribution in [-0.4, -0.2) is 16.3 Å². The van der Waals surface area contributed by atoms with Crippen LogP contribution in [0.4, 0.5) is 19.0 Å². The molecule has 3 nitrogen and oxygen atoms in total. The molecule has 0 atom stereocenters. The molecule has 0 saturated heterocycles. The van der Waals surface area contributed by atoms with E-state index in [1.165, 1.54) is 12.1 Å². The second-order valence-electron chi connectivity index (χ2n) is 6.53. The van der Waals surface area contributed by atoms with Crippen molar-refractivity contribution in [3.05, 3.63) is 64.1 Å². The summed E-state index contributed by atoms with van der Waals surface area (Å²) in [4.78, 5) is 0. The molecule has 0 unspecified atom stereocenters. The van der Waals surface area contributed by atoms with Gasteiger partial charge in [-0.05, 0) is 49.6 Å². The van der Waals surface area contributed by atoms with Crippen LogP contribution in [0.2, 0.25) is 0 Å². The van der Waals surface area contributed by atoms with Crippen molar-refractivity contribution in [2.45, 2.75) is 25.4 Å². The minimum atomic E-state index is -4.34. The van der Waals surface area contributed by atoms with Crippen LogP contribution >= 0.6 is 15.9 Å². The smallest absolute Gasteiger partial charge is 0.370 e. The predicted octanol–water partition coefficient (Wildman–Crippen LogP) is 6.07. The normalized spacial score (nSPS) is 14.4. The van der Waals surface area contributed by atoms with Gasteiger partial charge < -0.3 is 5.32 Å². The Hall–Kier alpha value is -2.28. The average molecular weight is 436 g/mol. The number of hydrogen-bond acceptors (Lipinski definition) is 2. The van der Waals surface area contributed by atoms with E-state index in [-0.39, 0.29) is 0 Å². The topological polar surface area (TPSA) is 29.9 Å². The largest absolute Gasteiger partial charge is 0.416 e. The average Bonchev–Trinajstić information content (AvgIpc) is 2.82. The van der Waals surface area contributed by atoms with Gasteiger partial charge in [-0.3, -0.25) is 0 Å². The van der Waals surface area contributed by atoms with Gasteiger partial charge >= 0.3 is 6.18 Å². The minimum Gasteiger partial charge on any atom is -0.370 e. The lowest BCUT2D eigenvalue weighted by Gasteiger charge is -2.09. The fraction of sp³-hybridized carbons (Fsp3) is 0.250. The van der Waals surface area contributed by atoms with Crippen molar-refractivity contribution in [3.63, 3.8) is 0 Å². The van der Waals surface area contributed by atoms with Crippen molar-refractivity contribution in [2.75, 3.05) is 11.9 Å². The molecule has 1 aliphatic heterocycles. The van der Waals surface area contributed by atoms with Crippen molar-refractivity contribution in [1.29, 1.82) is 0 Å². The third-order valence-electron chi connectivity index (χ3n) is 4.67. The molecule has 1 aliphatic rings. The first-order valence-electron chi connectivity index (χ1n) is 8.73. The number of aromatic nitrogens is 2. The Morgan fingerprint density at radius 1 is 1.04 bits per heavy atom. The minimum absolute atomic E-state index is 0.651. The molecule has 1 aromatic heterocycles. The molecule has 4 rings (SSSR count). The Kier molecular flexibility index (Phi) is 4.72. The molecular weight excluding hydrogens is 419 g/mol. The van der Waals surface area contributed by atoms with Gasteiger partial charge in [-0.15, -0.1) is 0 Å². The molecule has 0 fully saturated rings. The number of hydrogen-bond donors (Lipinski definition) is 1. The summed E-state index contributed by atoms with van der Waals surface area (Å²) in [5.41, 5.74) is 2.71. The molecule has 0 spiro atoms. The second-order valence-corrected chi connectivity index (χ2v) is 7.44. The van der Waals surface area contributed by atoms with Crippen molar-refractivity contribution in [2.24, 2.45) is 0 Å². The third kappa shape index (κ3) is 3.60. The molecule has 140 valence electrons. The van der Waals surface area contributed by atoms with Gasteiger partial charge in [-0.25, -0.2) is 4.68 Å². The molecule has 0 saturated carbocycles. The molecule has 0 amide bonds. The standard InChI is InChI=1S/C20H17BrF3N3/c21-15-4-3-5-16(12-15)27-19-17(6-1-2-11-25-19)18(26-27)13-7-9-14(10-8-13)20(22,23)24/h3-5,7-10,12,25H,1-2,6,11H2. The zero-order chi connectivity index (χ0) is 19.0. The summed E-state index contributed by atoms with van der Waals surface area (Å²) in [6.45, 7) is 0.846. The lowest BCUT2D eigenvalue weighted by molar-refractivity contribution is -0.137. The summed E-state index contributed by atoms with van der Waals surface area (Å²) in [7, 11) is 0. The molecule has 0 bridgehead atoms. The maximum atomic E-state index is 12.9. The first kappa shape index (κ1) is 18.1. The van der Waals surface area contributed by atoms with Crippen molar-refractivity contribution in [3.8, 4) is 16.9 Å². The highest BCUT2D eigenvalue weighted by Crippen LogP contribution is 2.36. The molecule has 1 N–H and O–H groups in total. The zero-order valence-electron chi connectivity index (χ0n) is 14.4. The number of anilines is 1. The molecule has 7 heteroatoms. The van der Waals surface area contributed by atoms with Crippen molar-refractivity contribution < 1.29 is 13.2 Å². The first-order chi connectivity index (χ1) is 12.9. The van der Waals surface area contributed by atoms with Crippen LogP contribution in [0.25, 0.3) is 16.9 Å². The third-order valence-corrected chi connectivity index (χ3v) is 5.16. The monoisotopic (exact) mass is 435 g/mol. The number of fused-ring (bicyclic) bond motifs is 1. The maximum Gasteiger partial charge on any atom is 0.416 e. The number of alkyl halides is 3. The lowest BCUT2D eigenvalue weighted by atomic mass is 10.0. The molecule has 27 heavy (non-hydrogen) atoms. The number of nitrogens with zero attached hydrogens (tertiary/aromatic N) is 2. The van der Waals surface area contributed by atoms with Gasteiger partial charge in [0.05, 0.1) is 16.9 Å². The Balaban J connectivity index is 1.84. The van der Waals surface area contributed by atoms with Crippen molar-refractivity contribution in [1.82, 2.24) is 9.78 Å². The van der Waals surface area contributed by atoms with Crippen LogP contribution in [0.1, 0.15) is 24.0 Å². The van der Waals surface area contributed by atoms with Gasteiger partial charge in [-0.2, -0.15) is 18.3 Å². The molecule has 2 aromatic carbocycles. The van der Waals surface area contributed by atoms with Gasteiger partial charge in [0.25, 0.3) is 0 Å². The van der Waals surface area contributed by atoms with E-state index in [1.54, 1.807) is 0 Å². The van der Waals surface area contributed by atoms with Gasteiger partial charge in [-0.1, -0.05) is 34.1 Å². The van der Waals surface area contributed by atoms with E-state index < -0.39 is 11.7 Å². The molecule has 2 heterocycles. The molecule has 3 aromatic rings. The Labute approximate surface area is 163 Å². The Bertz CT molecular complexity index is 962. The summed E-state index contributed by atoms with van der Waals surface area (Å²) in [6, 6.07) is 13.0. The maximum absolute atomic E-state index is 12.9. The van der Waals surface area contributed by atoms with E-state index >= 15 is 0 Å². The lowest BCUT2D eigenvalue weighted by Crippen LogP contribution is -2.07. The summed E-state index contributed by atoms with van der Waals surface area (Å²) in [5, 5.41) is 8.20. The summed E-state index contributed by atoms with van der Waals surface area (Å²) in [6.07, 6.45) is -1.45. The second kappa shape index (κ2) is 7.03. The van der Waals surface area contributed by atoms with Crippen LogP contribution in [0.15, 0.2) is 53.0 Å². The van der Waals surface area contributed by atoms with Crippen LogP contribution in [0.5, 0.6) is 0 Å². The van der Waals surface area contributed by atoms with Crippen molar-refractivity contribution >= 4 is 21.7 Å². The highest BCUT2D eigenvalue weighted by atomic mass is 79.9. The molecule has 0 aliphatic carbocycles. The number of nitrogens with one attached hydrogen (secondary N) is 1. The first-order valence-corrected chi connectivity index (χ1v) is 9.52. The predicted molar refractivity (Wildman–Crippen MR) is 103 cm³/mol. The molecule has 0 radical (unpaired) electrons. The number of rotatable bonds is 2. The van der Waals surface area contributed by atoms with Crippen LogP contribution in [0.3, 0.4) is 0 Å². The van der Waals surface area contributed by atoms with E-state index in [9.17, 15) is 13.2 Å². The fourth-order valence-corrected chi connectivity index (χ4v) is 3.73. The highest BCUT2D eigenvalue weighted by molar-refractivity contribution is 9.10. The number of halogens is 4. The SMILES string of the molecule is FC(F)(F)c1ccc(-c2nn(-c3cccc(Br)c3)c3c2CCCCN3)cc1. The van der Waals surface area contributed by atoms with E-state index in [2.05, 4.69) is 21.2 Å². The van der Waals surface area contributed by atoms with Crippen LogP contribution in [0, 0.1) is 0 Å². The van der Waals surface area contributed by atoms with E-state index in [1.807, 2.05) is 28.9 Å². The van der Waals surface area contributed by atoms with Gasteiger partial charge in [0.1, 0.15) is 5.82 Å². The summed E-state index contributed by atoms with van der Waals surface area (Å²) < 4.78 is 41.4. The number of benzene rings is 2. The summed E-state index contributed by atoms with van der Waals surface area (Å²) in [5.74, 6) is 0.917. The fourth-order valence-electron chi connectivity index (χ4n) is 3.35. The van der Waals surface area contributed by atoms with Crippen LogP contribution in [-0.2, 0) is 12.6 Å². The highest BCUT2D eigenvalue weighted by Gasteiger charge is 2.30. The van der Waals surface area contributed by atoms with E-state index in [4.69, 9.17) is 5.10 Å². The quantitative estimate of drug-likeness (QED) is 0.529. The van der Waals surface area contributed by atoms with Crippen LogP contribution < -0.4 is 5.32 Å². The summed E-state index contributed by atoms with van der Waals surface area (Å²) >= 11 is 3.48. The van der Waals surface area contributed by atoms with Gasteiger partial charge in [0, 0.05) is 22.1 Å². The van der Waals surface area contributed by atoms with Gasteiger partial charge in [0.2, 0.25) is 0 Å². The van der Waals surface area contributed by atoms with E-state index in [0.29, 0.717) is 5.56 Å². The van der Waals surface area contributed by atoms with E-state index in [0.717, 1.165) is 65.2 Å². The Morgan fingerprint density at radius 2 is 1.81 bits per heavy atom. The zero-order valence-corrected chi connectivity index (χ0v) is 15.9. The Morgan fingerprint density at radius 3 is 2.52 bits per heavy atom. The molecular formula is C20H17BrF3N3. The van der Waals surface area contributed by atoms with Gasteiger partial charge in [0.15, 0.2) is 0 Å².